The Labute approximate surface area is 110 Å². The highest BCUT2D eigenvalue weighted by molar-refractivity contribution is 7.15. The first-order valence-corrected chi connectivity index (χ1v) is 7.02. The molecule has 1 unspecified atom stereocenters. The van der Waals surface area contributed by atoms with Crippen molar-refractivity contribution in [3.05, 3.63) is 27.1 Å². The molecule has 0 saturated carbocycles. The Bertz CT molecular complexity index is 402. The van der Waals surface area contributed by atoms with Gasteiger partial charge in [0.15, 0.2) is 0 Å². The number of ether oxygens (including phenoxy) is 1. The summed E-state index contributed by atoms with van der Waals surface area (Å²) in [5.74, 6) is 0.647. The molecule has 1 fully saturated rings. The summed E-state index contributed by atoms with van der Waals surface area (Å²) in [5, 5.41) is 14.2. The number of nitro groups is 1. The van der Waals surface area contributed by atoms with Crippen molar-refractivity contribution in [2.75, 3.05) is 13.2 Å². The van der Waals surface area contributed by atoms with Crippen LogP contribution in [0.15, 0.2) is 12.1 Å². The quantitative estimate of drug-likeness (QED) is 0.659. The third-order valence-corrected chi connectivity index (χ3v) is 4.44. The van der Waals surface area contributed by atoms with Crippen molar-refractivity contribution in [1.82, 2.24) is 5.32 Å². The number of nitrogens with zero attached hydrogens (tertiary/aromatic N) is 1. The van der Waals surface area contributed by atoms with Crippen LogP contribution in [0.25, 0.3) is 0 Å². The van der Waals surface area contributed by atoms with Crippen LogP contribution in [0.3, 0.4) is 0 Å². The smallest absolute Gasteiger partial charge is 0.324 e. The molecule has 1 aliphatic rings. The second-order valence-electron chi connectivity index (χ2n) is 4.62. The van der Waals surface area contributed by atoms with Gasteiger partial charge < -0.3 is 10.1 Å². The van der Waals surface area contributed by atoms with E-state index >= 15 is 0 Å². The van der Waals surface area contributed by atoms with Crippen LogP contribution in [0.4, 0.5) is 5.00 Å². The molecule has 0 aromatic carbocycles. The molecule has 0 aliphatic carbocycles. The number of hydrogen-bond donors (Lipinski definition) is 1. The van der Waals surface area contributed by atoms with Crippen LogP contribution in [0, 0.1) is 16.0 Å². The molecule has 6 heteroatoms. The van der Waals surface area contributed by atoms with Crippen molar-refractivity contribution in [3.8, 4) is 0 Å². The Balaban J connectivity index is 1.80. The minimum atomic E-state index is -0.337. The fraction of sp³-hybridized carbons (Fsp3) is 0.667. The molecule has 100 valence electrons. The lowest BCUT2D eigenvalue weighted by molar-refractivity contribution is -0.380. The number of rotatable bonds is 5. The molecule has 0 radical (unpaired) electrons. The molecule has 0 amide bonds. The molecule has 1 aliphatic heterocycles. The molecular weight excluding hydrogens is 252 g/mol. The van der Waals surface area contributed by atoms with Gasteiger partial charge in [-0.3, -0.25) is 10.1 Å². The van der Waals surface area contributed by atoms with E-state index in [0.29, 0.717) is 18.5 Å². The molecule has 0 spiro atoms. The average molecular weight is 270 g/mol. The van der Waals surface area contributed by atoms with Crippen LogP contribution in [0.5, 0.6) is 0 Å². The first-order valence-electron chi connectivity index (χ1n) is 6.21. The standard InChI is InChI=1S/C12H18N2O3S/c1-9(10-4-6-17-7-5-10)13-8-11-2-3-12(18-11)14(15)16/h2-3,9-10,13H,4-8H2,1H3. The lowest BCUT2D eigenvalue weighted by atomic mass is 9.93. The molecular formula is C12H18N2O3S. The first kappa shape index (κ1) is 13.5. The van der Waals surface area contributed by atoms with Crippen LogP contribution < -0.4 is 5.32 Å². The Morgan fingerprint density at radius 2 is 2.28 bits per heavy atom. The lowest BCUT2D eigenvalue weighted by Crippen LogP contribution is -2.36. The molecule has 1 aromatic rings. The molecule has 1 aromatic heterocycles. The van der Waals surface area contributed by atoms with Gasteiger partial charge in [-0.05, 0) is 31.7 Å². The fourth-order valence-corrected chi connectivity index (χ4v) is 2.97. The van der Waals surface area contributed by atoms with Gasteiger partial charge in [-0.2, -0.15) is 0 Å². The van der Waals surface area contributed by atoms with Crippen LogP contribution in [-0.4, -0.2) is 24.2 Å². The van der Waals surface area contributed by atoms with E-state index in [1.807, 2.05) is 6.07 Å². The van der Waals surface area contributed by atoms with E-state index in [0.717, 1.165) is 30.9 Å². The zero-order valence-corrected chi connectivity index (χ0v) is 11.2. The highest BCUT2D eigenvalue weighted by Gasteiger charge is 2.20. The minimum absolute atomic E-state index is 0.213. The summed E-state index contributed by atoms with van der Waals surface area (Å²) in [5.41, 5.74) is 0. The predicted octanol–water partition coefficient (Wildman–Crippen LogP) is 2.56. The van der Waals surface area contributed by atoms with Crippen molar-refractivity contribution in [3.63, 3.8) is 0 Å². The number of hydrogen-bond acceptors (Lipinski definition) is 5. The molecule has 2 rings (SSSR count). The maximum Gasteiger partial charge on any atom is 0.324 e. The lowest BCUT2D eigenvalue weighted by Gasteiger charge is -2.28. The van der Waals surface area contributed by atoms with Gasteiger partial charge in [0.05, 0.1) is 4.92 Å². The van der Waals surface area contributed by atoms with Gasteiger partial charge in [-0.25, -0.2) is 0 Å². The van der Waals surface area contributed by atoms with Crippen LogP contribution in [0.2, 0.25) is 0 Å². The molecule has 0 bridgehead atoms. The largest absolute Gasteiger partial charge is 0.381 e. The topological polar surface area (TPSA) is 64.4 Å². The second-order valence-corrected chi connectivity index (χ2v) is 5.76. The number of thiophene rings is 1. The van der Waals surface area contributed by atoms with E-state index in [4.69, 9.17) is 4.74 Å². The van der Waals surface area contributed by atoms with Gasteiger partial charge in [0.1, 0.15) is 0 Å². The maximum atomic E-state index is 10.6. The van der Waals surface area contributed by atoms with Crippen LogP contribution >= 0.6 is 11.3 Å². The third-order valence-electron chi connectivity index (χ3n) is 3.40. The highest BCUT2D eigenvalue weighted by Crippen LogP contribution is 2.24. The Morgan fingerprint density at radius 1 is 1.56 bits per heavy atom. The van der Waals surface area contributed by atoms with Gasteiger partial charge in [0, 0.05) is 36.7 Å². The summed E-state index contributed by atoms with van der Waals surface area (Å²) in [6.45, 7) is 4.58. The molecule has 2 heterocycles. The van der Waals surface area contributed by atoms with Gasteiger partial charge in [-0.1, -0.05) is 11.3 Å². The van der Waals surface area contributed by atoms with E-state index in [1.54, 1.807) is 6.07 Å². The van der Waals surface area contributed by atoms with E-state index in [9.17, 15) is 10.1 Å². The van der Waals surface area contributed by atoms with E-state index in [2.05, 4.69) is 12.2 Å². The monoisotopic (exact) mass is 270 g/mol. The Morgan fingerprint density at radius 3 is 2.89 bits per heavy atom. The van der Waals surface area contributed by atoms with Gasteiger partial charge in [-0.15, -0.1) is 0 Å². The van der Waals surface area contributed by atoms with E-state index in [1.165, 1.54) is 11.3 Å². The van der Waals surface area contributed by atoms with Crippen molar-refractivity contribution < 1.29 is 9.66 Å². The van der Waals surface area contributed by atoms with Gasteiger partial charge in [0.2, 0.25) is 0 Å². The predicted molar refractivity (Wildman–Crippen MR) is 70.8 cm³/mol. The maximum absolute atomic E-state index is 10.6. The summed E-state index contributed by atoms with van der Waals surface area (Å²) in [6.07, 6.45) is 2.19. The van der Waals surface area contributed by atoms with E-state index < -0.39 is 0 Å². The summed E-state index contributed by atoms with van der Waals surface area (Å²) < 4.78 is 5.34. The summed E-state index contributed by atoms with van der Waals surface area (Å²) in [7, 11) is 0. The average Bonchev–Trinajstić information content (AvgIpc) is 2.86. The zero-order valence-electron chi connectivity index (χ0n) is 10.4. The summed E-state index contributed by atoms with van der Waals surface area (Å²) >= 11 is 1.24. The molecule has 1 atom stereocenters. The molecule has 18 heavy (non-hydrogen) atoms. The second kappa shape index (κ2) is 6.26. The Hall–Kier alpha value is -0.980. The number of nitrogens with one attached hydrogen (secondary N) is 1. The van der Waals surface area contributed by atoms with Crippen LogP contribution in [-0.2, 0) is 11.3 Å². The molecule has 5 nitrogen and oxygen atoms in total. The van der Waals surface area contributed by atoms with Gasteiger partial charge >= 0.3 is 5.00 Å². The molecule has 1 saturated heterocycles. The van der Waals surface area contributed by atoms with Crippen molar-refractivity contribution in [2.24, 2.45) is 5.92 Å². The SMILES string of the molecule is CC(NCc1ccc([N+](=O)[O-])s1)C1CCOCC1. The first-order chi connectivity index (χ1) is 8.66. The highest BCUT2D eigenvalue weighted by atomic mass is 32.1. The van der Waals surface area contributed by atoms with Crippen LogP contribution in [0.1, 0.15) is 24.6 Å². The summed E-state index contributed by atoms with van der Waals surface area (Å²) in [6, 6.07) is 3.82. The zero-order chi connectivity index (χ0) is 13.0. The minimum Gasteiger partial charge on any atom is -0.381 e. The fourth-order valence-electron chi connectivity index (χ4n) is 2.20. The Kier molecular flexibility index (Phi) is 4.68. The third kappa shape index (κ3) is 3.51. The van der Waals surface area contributed by atoms with Crippen molar-refractivity contribution in [2.45, 2.75) is 32.4 Å². The van der Waals surface area contributed by atoms with Crippen molar-refractivity contribution in [1.29, 1.82) is 0 Å². The van der Waals surface area contributed by atoms with Gasteiger partial charge in [0.25, 0.3) is 0 Å². The molecule has 1 N–H and O–H groups in total. The normalized spacial score (nSPS) is 18.7. The van der Waals surface area contributed by atoms with E-state index in [-0.39, 0.29) is 9.92 Å². The summed E-state index contributed by atoms with van der Waals surface area (Å²) in [4.78, 5) is 11.3. The van der Waals surface area contributed by atoms with Crippen molar-refractivity contribution >= 4 is 16.3 Å².